The van der Waals surface area contributed by atoms with Gasteiger partial charge in [-0.1, -0.05) is 188 Å². The van der Waals surface area contributed by atoms with Crippen molar-refractivity contribution >= 4 is 55.8 Å². The zero-order valence-electron chi connectivity index (χ0n) is 31.2. The average Bonchev–Trinajstić information content (AvgIpc) is 3.31. The first kappa shape index (κ1) is 34.9. The Kier molecular flexibility index (Phi) is 8.75. The van der Waals surface area contributed by atoms with Gasteiger partial charge >= 0.3 is 0 Å². The molecule has 0 aliphatic heterocycles. The molecule has 0 radical (unpaired) electrons. The number of nitriles is 1. The molecule has 6 heteroatoms. The molecule has 0 amide bonds. The Morgan fingerprint density at radius 2 is 0.897 bits per heavy atom. The fourth-order valence-electron chi connectivity index (χ4n) is 8.03. The third-order valence-corrected chi connectivity index (χ3v) is 13.9. The first-order valence-electron chi connectivity index (χ1n) is 19.1. The zero-order chi connectivity index (χ0) is 39.1. The number of pyridine rings is 1. The summed E-state index contributed by atoms with van der Waals surface area (Å²) in [6, 6.07) is 68.3. The Balaban J connectivity index is 1.21. The van der Waals surface area contributed by atoms with Crippen molar-refractivity contribution < 1.29 is 4.57 Å². The predicted octanol–water partition coefficient (Wildman–Crippen LogP) is 11.5. The van der Waals surface area contributed by atoms with Crippen molar-refractivity contribution in [1.29, 1.82) is 5.26 Å². The van der Waals surface area contributed by atoms with Gasteiger partial charge in [-0.2, -0.15) is 5.26 Å². The molecule has 272 valence electrons. The summed E-state index contributed by atoms with van der Waals surface area (Å²) in [4.78, 5) is 16.0. The Bertz CT molecular complexity index is 3200. The van der Waals surface area contributed by atoms with Crippen LogP contribution in [0.15, 0.2) is 200 Å². The van der Waals surface area contributed by atoms with E-state index in [-0.39, 0.29) is 0 Å². The van der Waals surface area contributed by atoms with Gasteiger partial charge in [-0.25, -0.2) is 15.0 Å². The highest BCUT2D eigenvalue weighted by Gasteiger charge is 2.30. The van der Waals surface area contributed by atoms with Gasteiger partial charge in [0.1, 0.15) is 11.6 Å². The average molecular weight is 761 g/mol. The van der Waals surface area contributed by atoms with Crippen LogP contribution in [0.2, 0.25) is 0 Å². The van der Waals surface area contributed by atoms with Crippen LogP contribution in [0.4, 0.5) is 0 Å². The lowest BCUT2D eigenvalue weighted by Gasteiger charge is -2.20. The van der Waals surface area contributed by atoms with E-state index in [9.17, 15) is 5.26 Å². The molecule has 10 rings (SSSR count). The molecule has 0 aliphatic carbocycles. The number of para-hydroxylation sites is 1. The Morgan fingerprint density at radius 1 is 0.414 bits per heavy atom. The van der Waals surface area contributed by atoms with Gasteiger partial charge in [0.05, 0.1) is 33.7 Å². The van der Waals surface area contributed by atoms with E-state index in [1.54, 1.807) is 0 Å². The van der Waals surface area contributed by atoms with Crippen LogP contribution in [-0.2, 0) is 4.57 Å². The Morgan fingerprint density at radius 3 is 1.48 bits per heavy atom. The van der Waals surface area contributed by atoms with E-state index in [2.05, 4.69) is 36.4 Å². The topological polar surface area (TPSA) is 79.5 Å². The first-order valence-corrected chi connectivity index (χ1v) is 20.8. The normalized spacial score (nSPS) is 11.5. The van der Waals surface area contributed by atoms with Gasteiger partial charge < -0.3 is 4.57 Å². The highest BCUT2D eigenvalue weighted by molar-refractivity contribution is 7.85. The molecule has 0 unspecified atom stereocenters. The van der Waals surface area contributed by atoms with Crippen molar-refractivity contribution in [2.45, 2.75) is 0 Å². The quantitative estimate of drug-likeness (QED) is 0.119. The zero-order valence-corrected chi connectivity index (χ0v) is 32.1. The number of nitrogens with zero attached hydrogens (tertiary/aromatic N) is 4. The van der Waals surface area contributed by atoms with E-state index in [1.807, 2.05) is 170 Å². The molecule has 0 spiro atoms. The standard InChI is InChI=1S/C52H33N4OP/c53-34-38-33-45-47(52-50(38)55-48(36-17-5-1-6-18-36)49(56-52)37-19-7-2-8-20-37)44-27-15-16-28-46(44)54-51(45)43-26-14-13-25-42(43)35-29-31-41(32-30-35)58(57,39-21-9-3-10-22-39)40-23-11-4-12-24-40/h1-33H. The molecule has 0 saturated heterocycles. The summed E-state index contributed by atoms with van der Waals surface area (Å²) >= 11 is 0. The molecular weight excluding hydrogens is 728 g/mol. The third kappa shape index (κ3) is 5.87. The lowest BCUT2D eigenvalue weighted by Crippen LogP contribution is -2.24. The maximum atomic E-state index is 15.2. The molecule has 5 nitrogen and oxygen atoms in total. The summed E-state index contributed by atoms with van der Waals surface area (Å²) in [5, 5.41) is 15.7. The minimum atomic E-state index is -3.16. The molecular formula is C52H33N4OP. The van der Waals surface area contributed by atoms with Crippen LogP contribution < -0.4 is 15.9 Å². The van der Waals surface area contributed by atoms with Gasteiger partial charge in [-0.15, -0.1) is 0 Å². The third-order valence-electron chi connectivity index (χ3n) is 10.8. The Hall–Kier alpha value is -7.51. The summed E-state index contributed by atoms with van der Waals surface area (Å²) in [7, 11) is -3.16. The number of benzene rings is 8. The van der Waals surface area contributed by atoms with E-state index in [0.29, 0.717) is 22.3 Å². The largest absolute Gasteiger partial charge is 0.309 e. The van der Waals surface area contributed by atoms with E-state index in [0.717, 1.165) is 76.8 Å². The second-order valence-electron chi connectivity index (χ2n) is 14.2. The molecule has 0 bridgehead atoms. The lowest BCUT2D eigenvalue weighted by atomic mass is 9.92. The fraction of sp³-hybridized carbons (Fsp3) is 0. The van der Waals surface area contributed by atoms with Crippen LogP contribution in [0.5, 0.6) is 0 Å². The summed E-state index contributed by atoms with van der Waals surface area (Å²) in [6.07, 6.45) is 0. The van der Waals surface area contributed by atoms with Gasteiger partial charge in [0.25, 0.3) is 0 Å². The van der Waals surface area contributed by atoms with Crippen molar-refractivity contribution in [3.63, 3.8) is 0 Å². The van der Waals surface area contributed by atoms with Gasteiger partial charge in [0.15, 0.2) is 7.14 Å². The summed E-state index contributed by atoms with van der Waals surface area (Å²) in [5.74, 6) is 0. The predicted molar refractivity (Wildman–Crippen MR) is 238 cm³/mol. The summed E-state index contributed by atoms with van der Waals surface area (Å²) in [6.45, 7) is 0. The molecule has 10 aromatic rings. The van der Waals surface area contributed by atoms with E-state index in [1.165, 1.54) is 0 Å². The van der Waals surface area contributed by atoms with Crippen molar-refractivity contribution in [3.05, 3.63) is 206 Å². The molecule has 0 fully saturated rings. The SMILES string of the molecule is N#Cc1cc2c(-c3ccccc3-c3ccc(P(=O)(c4ccccc4)c4ccccc4)cc3)nc3ccccc3c2c2nc(-c3ccccc3)c(-c3ccccc3)nc12. The van der Waals surface area contributed by atoms with Gasteiger partial charge in [0, 0.05) is 48.8 Å². The number of fused-ring (bicyclic) bond motifs is 5. The van der Waals surface area contributed by atoms with Gasteiger partial charge in [0.2, 0.25) is 0 Å². The van der Waals surface area contributed by atoms with Crippen molar-refractivity contribution in [3.8, 4) is 51.0 Å². The summed E-state index contributed by atoms with van der Waals surface area (Å²) < 4.78 is 15.2. The molecule has 2 aromatic heterocycles. The minimum Gasteiger partial charge on any atom is -0.309 e. The van der Waals surface area contributed by atoms with Gasteiger partial charge in [-0.3, -0.25) is 0 Å². The van der Waals surface area contributed by atoms with Gasteiger partial charge in [-0.05, 0) is 23.3 Å². The van der Waals surface area contributed by atoms with E-state index < -0.39 is 7.14 Å². The lowest BCUT2D eigenvalue weighted by molar-refractivity contribution is 0.592. The summed E-state index contributed by atoms with van der Waals surface area (Å²) in [5.41, 5.74) is 9.28. The maximum absolute atomic E-state index is 15.2. The molecule has 0 saturated carbocycles. The fourth-order valence-corrected chi connectivity index (χ4v) is 10.7. The highest BCUT2D eigenvalue weighted by Crippen LogP contribution is 2.45. The van der Waals surface area contributed by atoms with Crippen molar-refractivity contribution in [2.24, 2.45) is 0 Å². The molecule has 58 heavy (non-hydrogen) atoms. The molecule has 0 N–H and O–H groups in total. The molecule has 8 aromatic carbocycles. The number of rotatable bonds is 7. The van der Waals surface area contributed by atoms with Crippen LogP contribution in [0, 0.1) is 11.3 Å². The van der Waals surface area contributed by atoms with E-state index in [4.69, 9.17) is 15.0 Å². The molecule has 0 aliphatic rings. The first-order chi connectivity index (χ1) is 28.6. The monoisotopic (exact) mass is 760 g/mol. The van der Waals surface area contributed by atoms with Crippen molar-refractivity contribution in [1.82, 2.24) is 15.0 Å². The molecule has 2 heterocycles. The van der Waals surface area contributed by atoms with Crippen LogP contribution >= 0.6 is 7.14 Å². The van der Waals surface area contributed by atoms with Crippen LogP contribution in [0.1, 0.15) is 5.56 Å². The number of hydrogen-bond donors (Lipinski definition) is 0. The maximum Gasteiger partial charge on any atom is 0.171 e. The second-order valence-corrected chi connectivity index (χ2v) is 16.9. The smallest absolute Gasteiger partial charge is 0.171 e. The highest BCUT2D eigenvalue weighted by atomic mass is 31.2. The number of aromatic nitrogens is 3. The minimum absolute atomic E-state index is 0.421. The van der Waals surface area contributed by atoms with Crippen molar-refractivity contribution in [2.75, 3.05) is 0 Å². The number of hydrogen-bond acceptors (Lipinski definition) is 5. The molecule has 0 atom stereocenters. The Labute approximate surface area is 336 Å². The van der Waals surface area contributed by atoms with Crippen LogP contribution in [0.3, 0.4) is 0 Å². The second kappa shape index (κ2) is 14.5. The van der Waals surface area contributed by atoms with Crippen LogP contribution in [-0.4, -0.2) is 15.0 Å². The van der Waals surface area contributed by atoms with E-state index >= 15 is 4.57 Å². The van der Waals surface area contributed by atoms with Crippen LogP contribution in [0.25, 0.3) is 77.6 Å².